The Balaban J connectivity index is 0.00000380. The zero-order valence-corrected chi connectivity index (χ0v) is 23.5. The first-order valence-electron chi connectivity index (χ1n) is 10.5. The first kappa shape index (κ1) is 28.6. The molecule has 3 aromatic carbocycles. The molecule has 0 radical (unpaired) electrons. The molecule has 0 spiro atoms. The van der Waals surface area contributed by atoms with Crippen molar-refractivity contribution in [2.24, 2.45) is 0 Å². The van der Waals surface area contributed by atoms with E-state index in [1.54, 1.807) is 24.5 Å². The van der Waals surface area contributed by atoms with Gasteiger partial charge in [-0.15, -0.1) is 35.7 Å². The van der Waals surface area contributed by atoms with Crippen LogP contribution in [0.15, 0.2) is 71.8 Å². The number of esters is 1. The van der Waals surface area contributed by atoms with E-state index >= 15 is 4.39 Å². The number of hydrogen-bond acceptors (Lipinski definition) is 7. The summed E-state index contributed by atoms with van der Waals surface area (Å²) < 4.78 is 67.8. The quantitative estimate of drug-likeness (QED) is 0.108. The van der Waals surface area contributed by atoms with Gasteiger partial charge < -0.3 is 9.47 Å². The van der Waals surface area contributed by atoms with Gasteiger partial charge in [0.15, 0.2) is 11.6 Å². The molecule has 0 fully saturated rings. The van der Waals surface area contributed by atoms with E-state index in [1.807, 2.05) is 0 Å². The molecule has 37 heavy (non-hydrogen) atoms. The lowest BCUT2D eigenvalue weighted by molar-refractivity contribution is -0.142. The smallest absolute Gasteiger partial charge is 0.302 e. The number of carbonyl (C=O) groups excluding carboxylic acids is 1. The summed E-state index contributed by atoms with van der Waals surface area (Å²) in [6.07, 6.45) is 2.90. The summed E-state index contributed by atoms with van der Waals surface area (Å²) in [5, 5.41) is 8.15. The second-order valence-electron chi connectivity index (χ2n) is 7.59. The summed E-state index contributed by atoms with van der Waals surface area (Å²) in [7, 11) is -4.05. The van der Waals surface area contributed by atoms with Crippen molar-refractivity contribution >= 4 is 67.7 Å². The Kier molecular flexibility index (Phi) is 8.97. The molecule has 0 aliphatic heterocycles. The van der Waals surface area contributed by atoms with Crippen LogP contribution in [0.4, 0.5) is 8.78 Å². The van der Waals surface area contributed by atoms with Gasteiger partial charge in [-0.2, -0.15) is 0 Å². The average Bonchev–Trinajstić information content (AvgIpc) is 3.29. The van der Waals surface area contributed by atoms with Gasteiger partial charge in [0, 0.05) is 35.7 Å². The van der Waals surface area contributed by atoms with Crippen LogP contribution in [0.5, 0.6) is 11.5 Å². The number of carbonyl (C=O) groups is 1. The van der Waals surface area contributed by atoms with Crippen LogP contribution in [0.2, 0.25) is 0 Å². The van der Waals surface area contributed by atoms with Crippen LogP contribution >= 0.6 is 35.7 Å². The monoisotopic (exact) mass is 658 g/mol. The molecule has 1 heterocycles. The van der Waals surface area contributed by atoms with E-state index in [-0.39, 0.29) is 67.4 Å². The summed E-state index contributed by atoms with van der Waals surface area (Å²) in [5.74, 6) is -2.46. The molecule has 0 bridgehead atoms. The van der Waals surface area contributed by atoms with Gasteiger partial charge in [0.1, 0.15) is 18.2 Å². The molecule has 0 aliphatic rings. The molecule has 0 aliphatic carbocycles. The maximum atomic E-state index is 15.4. The molecular weight excluding hydrogens is 637 g/mol. The van der Waals surface area contributed by atoms with Crippen molar-refractivity contribution in [1.29, 1.82) is 5.41 Å². The van der Waals surface area contributed by atoms with Gasteiger partial charge in [-0.1, -0.05) is 18.2 Å². The fraction of sp³-hybridized carbons (Fsp3) is 0.120. The first-order valence-corrected chi connectivity index (χ1v) is 13.2. The minimum atomic E-state index is -4.05. The SMILES string of the molecule is CSC(=N)c1cc(Oc2c(F)cc3c(ccn3S(=O)(=O)c3ccccc3)c2COC(C)=O)ccc1F.I. The van der Waals surface area contributed by atoms with Gasteiger partial charge in [-0.05, 0) is 42.7 Å². The number of ether oxygens (including phenoxy) is 2. The summed E-state index contributed by atoms with van der Waals surface area (Å²) in [5.41, 5.74) is 0.0889. The van der Waals surface area contributed by atoms with E-state index in [4.69, 9.17) is 14.9 Å². The average molecular weight is 658 g/mol. The Morgan fingerprint density at radius 1 is 1.05 bits per heavy atom. The number of fused-ring (bicyclic) bond motifs is 1. The molecule has 1 N–H and O–H groups in total. The molecule has 0 unspecified atom stereocenters. The lowest BCUT2D eigenvalue weighted by Crippen LogP contribution is -2.12. The molecule has 0 saturated carbocycles. The second-order valence-corrected chi connectivity index (χ2v) is 10.2. The van der Waals surface area contributed by atoms with Crippen LogP contribution in [0.1, 0.15) is 18.1 Å². The topological polar surface area (TPSA) is 98.5 Å². The molecule has 0 amide bonds. The third kappa shape index (κ3) is 5.80. The lowest BCUT2D eigenvalue weighted by atomic mass is 10.1. The Morgan fingerprint density at radius 2 is 1.76 bits per heavy atom. The number of rotatable bonds is 7. The number of benzene rings is 3. The van der Waals surface area contributed by atoms with E-state index in [2.05, 4.69) is 0 Å². The maximum Gasteiger partial charge on any atom is 0.302 e. The van der Waals surface area contributed by atoms with Crippen molar-refractivity contribution < 1.29 is 31.5 Å². The number of hydrogen-bond donors (Lipinski definition) is 1. The van der Waals surface area contributed by atoms with Crippen LogP contribution < -0.4 is 4.74 Å². The van der Waals surface area contributed by atoms with Crippen molar-refractivity contribution in [2.75, 3.05) is 6.26 Å². The largest absolute Gasteiger partial charge is 0.461 e. The summed E-state index contributed by atoms with van der Waals surface area (Å²) in [4.78, 5) is 11.5. The Morgan fingerprint density at radius 3 is 2.41 bits per heavy atom. The minimum absolute atomic E-state index is 0. The zero-order valence-electron chi connectivity index (χ0n) is 19.5. The molecule has 7 nitrogen and oxygen atoms in total. The number of aromatic nitrogens is 1. The Hall–Kier alpha value is -2.97. The number of thioether (sulfide) groups is 1. The summed E-state index contributed by atoms with van der Waals surface area (Å²) in [6, 6.07) is 13.8. The van der Waals surface area contributed by atoms with E-state index < -0.39 is 34.2 Å². The predicted octanol–water partition coefficient (Wildman–Crippen LogP) is 6.32. The number of halogens is 3. The maximum absolute atomic E-state index is 15.4. The fourth-order valence-electron chi connectivity index (χ4n) is 3.59. The molecule has 4 aromatic rings. The van der Waals surface area contributed by atoms with E-state index in [0.717, 1.165) is 27.9 Å². The third-order valence-corrected chi connectivity index (χ3v) is 7.63. The van der Waals surface area contributed by atoms with Crippen LogP contribution in [0.3, 0.4) is 0 Å². The molecule has 12 heteroatoms. The molecule has 194 valence electrons. The van der Waals surface area contributed by atoms with E-state index in [0.29, 0.717) is 0 Å². The summed E-state index contributed by atoms with van der Waals surface area (Å²) in [6.45, 7) is 0.783. The fourth-order valence-corrected chi connectivity index (χ4v) is 5.32. The zero-order chi connectivity index (χ0) is 26.0. The van der Waals surface area contributed by atoms with Crippen molar-refractivity contribution in [3.63, 3.8) is 0 Å². The van der Waals surface area contributed by atoms with Crippen LogP contribution in [0.25, 0.3) is 10.9 Å². The molecule has 0 atom stereocenters. The molecule has 1 aromatic heterocycles. The van der Waals surface area contributed by atoms with Crippen molar-refractivity contribution in [2.45, 2.75) is 18.4 Å². The number of nitrogens with one attached hydrogen (secondary N) is 1. The van der Waals surface area contributed by atoms with Gasteiger partial charge in [0.25, 0.3) is 10.0 Å². The van der Waals surface area contributed by atoms with E-state index in [9.17, 15) is 17.6 Å². The van der Waals surface area contributed by atoms with Gasteiger partial charge in [0.2, 0.25) is 0 Å². The van der Waals surface area contributed by atoms with Crippen molar-refractivity contribution in [3.8, 4) is 11.5 Å². The standard InChI is InChI=1S/C25H20F2N2O5S2.HI/c1-15(30)33-14-20-18-10-11-29(36(31,32)17-6-4-3-5-7-17)23(18)13-22(27)24(20)34-16-8-9-21(26)19(12-16)25(28)35-2;/h3-13,28H,14H2,1-2H3;1H. The van der Waals surface area contributed by atoms with Gasteiger partial charge in [-0.3, -0.25) is 10.2 Å². The molecular formula is C25H21F2IN2O5S2. The highest BCUT2D eigenvalue weighted by atomic mass is 127. The third-order valence-electron chi connectivity index (χ3n) is 5.30. The highest BCUT2D eigenvalue weighted by Crippen LogP contribution is 2.37. The van der Waals surface area contributed by atoms with Crippen LogP contribution in [0, 0.1) is 17.0 Å². The van der Waals surface area contributed by atoms with E-state index in [1.165, 1.54) is 43.5 Å². The van der Waals surface area contributed by atoms with Crippen LogP contribution in [-0.4, -0.2) is 29.7 Å². The Bertz CT molecular complexity index is 1590. The normalized spacial score (nSPS) is 11.1. The van der Waals surface area contributed by atoms with Gasteiger partial charge in [0.05, 0.1) is 15.5 Å². The van der Waals surface area contributed by atoms with Crippen LogP contribution in [-0.2, 0) is 26.2 Å². The lowest BCUT2D eigenvalue weighted by Gasteiger charge is -2.16. The minimum Gasteiger partial charge on any atom is -0.461 e. The van der Waals surface area contributed by atoms with Crippen molar-refractivity contribution in [1.82, 2.24) is 3.97 Å². The molecule has 4 rings (SSSR count). The second kappa shape index (κ2) is 11.6. The van der Waals surface area contributed by atoms with Gasteiger partial charge >= 0.3 is 5.97 Å². The summed E-state index contributed by atoms with van der Waals surface area (Å²) >= 11 is 1.03. The molecule has 0 saturated heterocycles. The highest BCUT2D eigenvalue weighted by Gasteiger charge is 2.24. The Labute approximate surface area is 233 Å². The highest BCUT2D eigenvalue weighted by molar-refractivity contribution is 14.0. The first-order chi connectivity index (χ1) is 17.1. The number of nitrogens with zero attached hydrogens (tertiary/aromatic N) is 1. The predicted molar refractivity (Wildman–Crippen MR) is 149 cm³/mol. The van der Waals surface area contributed by atoms with Gasteiger partial charge in [-0.25, -0.2) is 21.2 Å². The van der Waals surface area contributed by atoms with Crippen molar-refractivity contribution in [3.05, 3.63) is 89.6 Å².